The van der Waals surface area contributed by atoms with Crippen LogP contribution in [0.2, 0.25) is 0 Å². The van der Waals surface area contributed by atoms with Crippen LogP contribution in [-0.2, 0) is 16.4 Å². The van der Waals surface area contributed by atoms with Gasteiger partial charge in [0.25, 0.3) is 5.91 Å². The van der Waals surface area contributed by atoms with Gasteiger partial charge < -0.3 is 9.64 Å². The first-order valence-electron chi connectivity index (χ1n) is 9.29. The maximum absolute atomic E-state index is 14.6. The number of nitrogens with one attached hydrogen (secondary N) is 1. The summed E-state index contributed by atoms with van der Waals surface area (Å²) in [5, 5.41) is 6.73. The van der Waals surface area contributed by atoms with E-state index in [-0.39, 0.29) is 23.6 Å². The van der Waals surface area contributed by atoms with E-state index in [2.05, 4.69) is 10.2 Å². The highest BCUT2D eigenvalue weighted by Gasteiger charge is 2.26. The molecule has 1 N–H and O–H groups in total. The molecule has 0 bridgehead atoms. The van der Waals surface area contributed by atoms with E-state index in [1.165, 1.54) is 13.0 Å². The van der Waals surface area contributed by atoms with Gasteiger partial charge in [-0.2, -0.15) is 5.10 Å². The Morgan fingerprint density at radius 1 is 1.23 bits per heavy atom. The molecule has 1 amide bonds. The Balaban J connectivity index is 1.66. The van der Waals surface area contributed by atoms with Gasteiger partial charge in [0, 0.05) is 35.7 Å². The van der Waals surface area contributed by atoms with Crippen molar-refractivity contribution in [3.63, 3.8) is 0 Å². The first-order chi connectivity index (χ1) is 14.3. The molecule has 3 aromatic rings. The first kappa shape index (κ1) is 20.1. The number of carbonyl (C=O) groups excluding carboxylic acids is 1. The highest BCUT2D eigenvalue weighted by molar-refractivity contribution is 7.90. The van der Waals surface area contributed by atoms with E-state index in [0.29, 0.717) is 18.9 Å². The number of aromatic amines is 1. The molecular weight excluding hydrogens is 409 g/mol. The molecule has 2 aromatic carbocycles. The van der Waals surface area contributed by atoms with Gasteiger partial charge in [0.2, 0.25) is 0 Å². The molecule has 0 spiro atoms. The third kappa shape index (κ3) is 3.68. The number of H-pyrrole nitrogens is 1. The van der Waals surface area contributed by atoms with Gasteiger partial charge in [-0.1, -0.05) is 6.07 Å². The van der Waals surface area contributed by atoms with Crippen molar-refractivity contribution in [3.8, 4) is 16.9 Å². The van der Waals surface area contributed by atoms with Crippen molar-refractivity contribution in [2.75, 3.05) is 19.4 Å². The van der Waals surface area contributed by atoms with Gasteiger partial charge in [0.15, 0.2) is 9.84 Å². The summed E-state index contributed by atoms with van der Waals surface area (Å²) in [4.78, 5) is 14.3. The number of nitrogens with zero attached hydrogens (tertiary/aromatic N) is 2. The number of aromatic nitrogens is 2. The SMILES string of the molecule is Cc1c(C(=O)N2CCOc3ccc(-c4cn[nH]c4)cc3C2)ccc(S(C)(=O)=O)c1F. The van der Waals surface area contributed by atoms with Crippen LogP contribution in [0.4, 0.5) is 4.39 Å². The van der Waals surface area contributed by atoms with Crippen molar-refractivity contribution in [3.05, 3.63) is 65.2 Å². The van der Waals surface area contributed by atoms with Crippen LogP contribution < -0.4 is 4.74 Å². The van der Waals surface area contributed by atoms with Crippen LogP contribution in [0, 0.1) is 12.7 Å². The fraction of sp³-hybridized carbons (Fsp3) is 0.238. The smallest absolute Gasteiger partial charge is 0.254 e. The van der Waals surface area contributed by atoms with Gasteiger partial charge in [-0.25, -0.2) is 12.8 Å². The Labute approximate surface area is 173 Å². The lowest BCUT2D eigenvalue weighted by atomic mass is 10.0. The van der Waals surface area contributed by atoms with E-state index in [0.717, 1.165) is 29.0 Å². The molecule has 7 nitrogen and oxygen atoms in total. The van der Waals surface area contributed by atoms with E-state index in [1.807, 2.05) is 18.2 Å². The number of amides is 1. The number of fused-ring (bicyclic) bond motifs is 1. The summed E-state index contributed by atoms with van der Waals surface area (Å²) in [6, 6.07) is 8.23. The van der Waals surface area contributed by atoms with Crippen molar-refractivity contribution < 1.29 is 22.3 Å². The molecule has 0 saturated carbocycles. The van der Waals surface area contributed by atoms with Crippen LogP contribution in [0.1, 0.15) is 21.5 Å². The van der Waals surface area contributed by atoms with Crippen molar-refractivity contribution in [1.29, 1.82) is 0 Å². The summed E-state index contributed by atoms with van der Waals surface area (Å²) in [6.45, 7) is 2.32. The van der Waals surface area contributed by atoms with Crippen molar-refractivity contribution in [2.45, 2.75) is 18.4 Å². The Morgan fingerprint density at radius 2 is 2.03 bits per heavy atom. The molecule has 0 fully saturated rings. The minimum Gasteiger partial charge on any atom is -0.491 e. The average Bonchev–Trinajstić information content (AvgIpc) is 3.15. The molecule has 1 aliphatic heterocycles. The van der Waals surface area contributed by atoms with E-state index < -0.39 is 20.5 Å². The highest BCUT2D eigenvalue weighted by Crippen LogP contribution is 2.30. The number of halogens is 1. The standard InChI is InChI=1S/C21H20FN3O4S/c1-13-17(4-6-19(20(13)22)30(2,27)28)21(26)25-7-8-29-18-5-3-14(9-15(18)12-25)16-10-23-24-11-16/h3-6,9-11H,7-8,12H2,1-2H3,(H,23,24). The maximum Gasteiger partial charge on any atom is 0.254 e. The third-order valence-corrected chi connectivity index (χ3v) is 6.25. The Kier molecular flexibility index (Phi) is 5.07. The van der Waals surface area contributed by atoms with Gasteiger partial charge in [0.1, 0.15) is 23.1 Å². The number of ether oxygens (including phenoxy) is 1. The molecule has 0 unspecified atom stereocenters. The second kappa shape index (κ2) is 7.56. The van der Waals surface area contributed by atoms with E-state index in [9.17, 15) is 17.6 Å². The van der Waals surface area contributed by atoms with Crippen molar-refractivity contribution in [1.82, 2.24) is 15.1 Å². The van der Waals surface area contributed by atoms with Gasteiger partial charge >= 0.3 is 0 Å². The molecule has 30 heavy (non-hydrogen) atoms. The zero-order valence-electron chi connectivity index (χ0n) is 16.5. The van der Waals surface area contributed by atoms with Crippen LogP contribution >= 0.6 is 0 Å². The highest BCUT2D eigenvalue weighted by atomic mass is 32.2. The summed E-state index contributed by atoms with van der Waals surface area (Å²) in [5.74, 6) is -0.582. The average molecular weight is 429 g/mol. The van der Waals surface area contributed by atoms with Crippen LogP contribution in [0.15, 0.2) is 47.6 Å². The van der Waals surface area contributed by atoms with Gasteiger partial charge in [0.05, 0.1) is 12.7 Å². The first-order valence-corrected chi connectivity index (χ1v) is 11.2. The quantitative estimate of drug-likeness (QED) is 0.691. The number of sulfone groups is 1. The zero-order chi connectivity index (χ0) is 21.5. The second-order valence-electron chi connectivity index (χ2n) is 7.21. The Hall–Kier alpha value is -3.20. The molecule has 156 valence electrons. The lowest BCUT2D eigenvalue weighted by molar-refractivity contribution is 0.0731. The largest absolute Gasteiger partial charge is 0.491 e. The van der Waals surface area contributed by atoms with E-state index in [1.54, 1.807) is 17.3 Å². The Morgan fingerprint density at radius 3 is 2.73 bits per heavy atom. The molecule has 0 saturated heterocycles. The fourth-order valence-electron chi connectivity index (χ4n) is 3.50. The number of benzene rings is 2. The second-order valence-corrected chi connectivity index (χ2v) is 9.19. The fourth-order valence-corrected chi connectivity index (χ4v) is 4.30. The summed E-state index contributed by atoms with van der Waals surface area (Å²) >= 11 is 0. The van der Waals surface area contributed by atoms with Crippen LogP contribution in [-0.4, -0.2) is 48.8 Å². The number of hydrogen-bond acceptors (Lipinski definition) is 5. The van der Waals surface area contributed by atoms with Crippen LogP contribution in [0.3, 0.4) is 0 Å². The van der Waals surface area contributed by atoms with Crippen molar-refractivity contribution in [2.24, 2.45) is 0 Å². The monoisotopic (exact) mass is 429 g/mol. The number of carbonyl (C=O) groups is 1. The molecule has 4 rings (SSSR count). The van der Waals surface area contributed by atoms with Gasteiger partial charge in [-0.3, -0.25) is 9.89 Å². The summed E-state index contributed by atoms with van der Waals surface area (Å²) in [5.41, 5.74) is 2.81. The molecule has 1 aromatic heterocycles. The lowest BCUT2D eigenvalue weighted by Crippen LogP contribution is -2.33. The molecule has 0 aliphatic carbocycles. The van der Waals surface area contributed by atoms with Gasteiger partial charge in [-0.05, 0) is 42.3 Å². The molecule has 9 heteroatoms. The lowest BCUT2D eigenvalue weighted by Gasteiger charge is -2.21. The predicted octanol–water partition coefficient (Wildman–Crippen LogP) is 2.96. The summed E-state index contributed by atoms with van der Waals surface area (Å²) < 4.78 is 43.9. The third-order valence-electron chi connectivity index (χ3n) is 5.14. The minimum absolute atomic E-state index is 0.0143. The van der Waals surface area contributed by atoms with Crippen LogP contribution in [0.5, 0.6) is 5.75 Å². The number of rotatable bonds is 3. The summed E-state index contributed by atoms with van der Waals surface area (Å²) in [7, 11) is -3.72. The summed E-state index contributed by atoms with van der Waals surface area (Å²) in [6.07, 6.45) is 4.42. The molecular formula is C21H20FN3O4S. The number of hydrogen-bond donors (Lipinski definition) is 1. The molecule has 0 radical (unpaired) electrons. The Bertz CT molecular complexity index is 1220. The van der Waals surface area contributed by atoms with Crippen LogP contribution in [0.25, 0.3) is 11.1 Å². The van der Waals surface area contributed by atoms with Gasteiger partial charge in [-0.15, -0.1) is 0 Å². The maximum atomic E-state index is 14.6. The minimum atomic E-state index is -3.72. The van der Waals surface area contributed by atoms with E-state index >= 15 is 0 Å². The predicted molar refractivity (Wildman–Crippen MR) is 109 cm³/mol. The molecule has 2 heterocycles. The topological polar surface area (TPSA) is 92.4 Å². The van der Waals surface area contributed by atoms with E-state index in [4.69, 9.17) is 4.74 Å². The normalized spacial score (nSPS) is 14.0. The molecule has 0 atom stereocenters. The molecule has 1 aliphatic rings. The zero-order valence-corrected chi connectivity index (χ0v) is 17.3. The van der Waals surface area contributed by atoms with Crippen molar-refractivity contribution >= 4 is 15.7 Å².